The number of aryl methyl sites for hydroxylation is 1. The van der Waals surface area contributed by atoms with E-state index < -0.39 is 0 Å². The van der Waals surface area contributed by atoms with Crippen LogP contribution in [0.4, 0.5) is 11.4 Å². The second-order valence-electron chi connectivity index (χ2n) is 5.69. The summed E-state index contributed by atoms with van der Waals surface area (Å²) < 4.78 is 0. The molecule has 0 spiro atoms. The second kappa shape index (κ2) is 6.09. The molecule has 0 aliphatic heterocycles. The Morgan fingerprint density at radius 3 is 1.83 bits per heavy atom. The summed E-state index contributed by atoms with van der Waals surface area (Å²) in [6.45, 7) is 0. The molecule has 2 nitrogen and oxygen atoms in total. The summed E-state index contributed by atoms with van der Waals surface area (Å²) >= 11 is 0. The van der Waals surface area contributed by atoms with Gasteiger partial charge in [0.15, 0.2) is 0 Å². The second-order valence-corrected chi connectivity index (χ2v) is 5.69. The van der Waals surface area contributed by atoms with Crippen molar-refractivity contribution >= 4 is 17.1 Å². The average molecular weight is 298 g/mol. The van der Waals surface area contributed by atoms with E-state index in [9.17, 15) is 0 Å². The molecule has 0 bridgehead atoms. The number of hydrazone groups is 1. The molecular formula is C21H18N2. The first-order chi connectivity index (χ1) is 11.4. The number of fused-ring (bicyclic) bond motifs is 1. The summed E-state index contributed by atoms with van der Waals surface area (Å²) in [5.41, 5.74) is 6.00. The van der Waals surface area contributed by atoms with E-state index in [0.717, 1.165) is 29.9 Å². The highest BCUT2D eigenvalue weighted by Crippen LogP contribution is 2.29. The summed E-state index contributed by atoms with van der Waals surface area (Å²) in [4.78, 5) is 0. The Balaban J connectivity index is 1.80. The zero-order valence-corrected chi connectivity index (χ0v) is 12.9. The minimum Gasteiger partial charge on any atom is -0.233 e. The Kier molecular flexibility index (Phi) is 3.65. The number of rotatable bonds is 3. The van der Waals surface area contributed by atoms with Crippen LogP contribution in [0, 0.1) is 0 Å². The molecule has 112 valence electrons. The summed E-state index contributed by atoms with van der Waals surface area (Å²) in [5, 5.41) is 7.05. The summed E-state index contributed by atoms with van der Waals surface area (Å²) in [6, 6.07) is 29.2. The fraction of sp³-hybridized carbons (Fsp3) is 0.0952. The topological polar surface area (TPSA) is 15.6 Å². The van der Waals surface area contributed by atoms with E-state index in [0.29, 0.717) is 0 Å². The third-order valence-electron chi connectivity index (χ3n) is 4.18. The zero-order chi connectivity index (χ0) is 15.5. The van der Waals surface area contributed by atoms with Crippen LogP contribution in [0.2, 0.25) is 0 Å². The van der Waals surface area contributed by atoms with E-state index in [4.69, 9.17) is 5.10 Å². The molecule has 0 amide bonds. The number of anilines is 2. The number of hydrogen-bond donors (Lipinski definition) is 0. The van der Waals surface area contributed by atoms with Crippen LogP contribution in [0.25, 0.3) is 0 Å². The number of para-hydroxylation sites is 2. The van der Waals surface area contributed by atoms with Crippen molar-refractivity contribution in [1.29, 1.82) is 0 Å². The highest BCUT2D eigenvalue weighted by molar-refractivity contribution is 6.05. The first-order valence-electron chi connectivity index (χ1n) is 7.98. The van der Waals surface area contributed by atoms with Crippen molar-refractivity contribution in [2.75, 3.05) is 5.01 Å². The summed E-state index contributed by atoms with van der Waals surface area (Å²) in [7, 11) is 0. The molecule has 3 aromatic rings. The molecule has 3 aromatic carbocycles. The molecule has 1 aliphatic rings. The average Bonchev–Trinajstić information content (AvgIpc) is 3.04. The van der Waals surface area contributed by atoms with Gasteiger partial charge >= 0.3 is 0 Å². The van der Waals surface area contributed by atoms with Crippen LogP contribution in [-0.2, 0) is 6.42 Å². The van der Waals surface area contributed by atoms with Crippen LogP contribution in [0.5, 0.6) is 0 Å². The molecular weight excluding hydrogens is 280 g/mol. The number of nitrogens with zero attached hydrogens (tertiary/aromatic N) is 2. The molecule has 0 fully saturated rings. The zero-order valence-electron chi connectivity index (χ0n) is 12.9. The molecule has 4 rings (SSSR count). The smallest absolute Gasteiger partial charge is 0.0692 e. The lowest BCUT2D eigenvalue weighted by Gasteiger charge is -2.20. The lowest BCUT2D eigenvalue weighted by Crippen LogP contribution is -2.12. The molecule has 0 saturated heterocycles. The maximum atomic E-state index is 5.01. The fourth-order valence-corrected chi connectivity index (χ4v) is 3.04. The molecule has 23 heavy (non-hydrogen) atoms. The van der Waals surface area contributed by atoms with Gasteiger partial charge in [-0.25, -0.2) is 5.01 Å². The highest BCUT2D eigenvalue weighted by Gasteiger charge is 2.19. The minimum atomic E-state index is 0.996. The molecule has 0 unspecified atom stereocenters. The first-order valence-corrected chi connectivity index (χ1v) is 7.98. The van der Waals surface area contributed by atoms with E-state index in [1.807, 2.05) is 41.4 Å². The Morgan fingerprint density at radius 2 is 1.17 bits per heavy atom. The van der Waals surface area contributed by atoms with E-state index >= 15 is 0 Å². The van der Waals surface area contributed by atoms with Crippen LogP contribution < -0.4 is 5.01 Å². The third kappa shape index (κ3) is 2.76. The van der Waals surface area contributed by atoms with Crippen LogP contribution >= 0.6 is 0 Å². The highest BCUT2D eigenvalue weighted by atomic mass is 15.5. The van der Waals surface area contributed by atoms with Crippen molar-refractivity contribution < 1.29 is 0 Å². The molecule has 0 aromatic heterocycles. The fourth-order valence-electron chi connectivity index (χ4n) is 3.04. The number of hydrogen-bond acceptors (Lipinski definition) is 2. The van der Waals surface area contributed by atoms with E-state index in [-0.39, 0.29) is 0 Å². The predicted molar refractivity (Wildman–Crippen MR) is 96.3 cm³/mol. The minimum absolute atomic E-state index is 0.996. The van der Waals surface area contributed by atoms with Gasteiger partial charge in [0.2, 0.25) is 0 Å². The number of benzene rings is 3. The quantitative estimate of drug-likeness (QED) is 0.609. The molecule has 2 heteroatoms. The van der Waals surface area contributed by atoms with E-state index in [1.165, 1.54) is 11.1 Å². The van der Waals surface area contributed by atoms with Gasteiger partial charge in [0, 0.05) is 5.56 Å². The van der Waals surface area contributed by atoms with Crippen LogP contribution in [0.1, 0.15) is 17.5 Å². The molecule has 1 aliphatic carbocycles. The van der Waals surface area contributed by atoms with Crippen molar-refractivity contribution in [2.24, 2.45) is 5.10 Å². The van der Waals surface area contributed by atoms with Gasteiger partial charge in [0.05, 0.1) is 17.1 Å². The van der Waals surface area contributed by atoms with Crippen LogP contribution in [0.3, 0.4) is 0 Å². The normalized spacial score (nSPS) is 14.7. The third-order valence-corrected chi connectivity index (χ3v) is 4.18. The standard InChI is InChI=1S/C21H18N2/c1-3-10-18(11-4-1)23(19-12-5-2-6-13-19)22-21-16-15-17-9-7-8-14-20(17)21/h1-14H,15-16H2/b22-21-. The molecule has 0 N–H and O–H groups in total. The first kappa shape index (κ1) is 13.8. The molecule has 0 radical (unpaired) electrons. The van der Waals surface area contributed by atoms with Gasteiger partial charge in [-0.05, 0) is 42.7 Å². The van der Waals surface area contributed by atoms with Crippen molar-refractivity contribution in [3.8, 4) is 0 Å². The molecule has 0 saturated carbocycles. The van der Waals surface area contributed by atoms with Gasteiger partial charge in [0.25, 0.3) is 0 Å². The lowest BCUT2D eigenvalue weighted by molar-refractivity contribution is 1.04. The largest absolute Gasteiger partial charge is 0.233 e. The van der Waals surface area contributed by atoms with Gasteiger partial charge in [-0.3, -0.25) is 0 Å². The maximum absolute atomic E-state index is 5.01. The Morgan fingerprint density at radius 1 is 0.609 bits per heavy atom. The van der Waals surface area contributed by atoms with Gasteiger partial charge in [0.1, 0.15) is 0 Å². The van der Waals surface area contributed by atoms with Crippen molar-refractivity contribution in [3.63, 3.8) is 0 Å². The van der Waals surface area contributed by atoms with Gasteiger partial charge in [-0.1, -0.05) is 60.7 Å². The Bertz CT molecular complexity index is 783. The van der Waals surface area contributed by atoms with E-state index in [1.54, 1.807) is 0 Å². The van der Waals surface area contributed by atoms with Gasteiger partial charge in [-0.2, -0.15) is 5.10 Å². The summed E-state index contributed by atoms with van der Waals surface area (Å²) in [5.74, 6) is 0. The summed E-state index contributed by atoms with van der Waals surface area (Å²) in [6.07, 6.45) is 2.07. The van der Waals surface area contributed by atoms with Crippen LogP contribution in [0.15, 0.2) is 90.0 Å². The predicted octanol–water partition coefficient (Wildman–Crippen LogP) is 5.18. The van der Waals surface area contributed by atoms with Crippen molar-refractivity contribution in [1.82, 2.24) is 0 Å². The van der Waals surface area contributed by atoms with Gasteiger partial charge in [-0.15, -0.1) is 0 Å². The Labute approximate surface area is 136 Å². The van der Waals surface area contributed by atoms with Crippen molar-refractivity contribution in [2.45, 2.75) is 12.8 Å². The monoisotopic (exact) mass is 298 g/mol. The Hall–Kier alpha value is -2.87. The van der Waals surface area contributed by atoms with Gasteiger partial charge < -0.3 is 0 Å². The maximum Gasteiger partial charge on any atom is 0.0692 e. The lowest BCUT2D eigenvalue weighted by atomic mass is 10.1. The molecule has 0 atom stereocenters. The SMILES string of the molecule is c1ccc(N(/N=C2/CCc3ccccc32)c2ccccc2)cc1. The van der Waals surface area contributed by atoms with Crippen molar-refractivity contribution in [3.05, 3.63) is 96.1 Å². The van der Waals surface area contributed by atoms with Crippen LogP contribution in [-0.4, -0.2) is 5.71 Å². The molecule has 0 heterocycles. The van der Waals surface area contributed by atoms with E-state index in [2.05, 4.69) is 48.5 Å².